The predicted octanol–water partition coefficient (Wildman–Crippen LogP) is -0.144. The van der Waals surface area contributed by atoms with E-state index in [1.807, 2.05) is 0 Å². The highest BCUT2D eigenvalue weighted by Crippen LogP contribution is 2.30. The van der Waals surface area contributed by atoms with E-state index in [9.17, 15) is 18.8 Å². The van der Waals surface area contributed by atoms with Crippen LogP contribution in [0, 0.1) is 0 Å². The van der Waals surface area contributed by atoms with Gasteiger partial charge in [0.1, 0.15) is 12.1 Å². The van der Waals surface area contributed by atoms with Gasteiger partial charge in [0.05, 0.1) is 25.8 Å². The topological polar surface area (TPSA) is 111 Å². The van der Waals surface area contributed by atoms with Crippen LogP contribution in [0.15, 0.2) is 11.6 Å². The van der Waals surface area contributed by atoms with E-state index in [0.29, 0.717) is 31.6 Å². The summed E-state index contributed by atoms with van der Waals surface area (Å²) in [5.41, 5.74) is 5.88. The second-order valence-electron chi connectivity index (χ2n) is 6.21. The second-order valence-corrected chi connectivity index (χ2v) is 6.21. The maximum Gasteiger partial charge on any atom is 0.371 e. The van der Waals surface area contributed by atoms with Gasteiger partial charge in [-0.15, -0.1) is 0 Å². The number of nitrogens with zero attached hydrogens (tertiary/aromatic N) is 2. The molecule has 1 unspecified atom stereocenters. The van der Waals surface area contributed by atoms with Crippen molar-refractivity contribution in [2.75, 3.05) is 19.8 Å². The first-order valence-corrected chi connectivity index (χ1v) is 8.05. The number of ether oxygens (including phenoxy) is 2. The normalized spacial score (nSPS) is 27.9. The third-order valence-electron chi connectivity index (χ3n) is 4.43. The van der Waals surface area contributed by atoms with Crippen molar-refractivity contribution >= 4 is 17.9 Å². The maximum atomic E-state index is 14.1. The third-order valence-corrected chi connectivity index (χ3v) is 4.43. The van der Waals surface area contributed by atoms with E-state index < -0.39 is 42.5 Å². The Morgan fingerprint density at radius 2 is 2.08 bits per heavy atom. The van der Waals surface area contributed by atoms with Gasteiger partial charge in [0.25, 0.3) is 0 Å². The fourth-order valence-electron chi connectivity index (χ4n) is 3.25. The zero-order valence-electron chi connectivity index (χ0n) is 13.7. The number of fused-ring (bicyclic) bond motifs is 2. The Morgan fingerprint density at radius 3 is 2.72 bits per heavy atom. The molecule has 3 amide bonds. The van der Waals surface area contributed by atoms with Crippen molar-refractivity contribution < 1.29 is 33.1 Å². The molecule has 3 rings (SSSR count). The van der Waals surface area contributed by atoms with Crippen LogP contribution < -0.4 is 5.73 Å². The van der Waals surface area contributed by atoms with E-state index in [-0.39, 0.29) is 6.54 Å². The molecule has 0 radical (unpaired) electrons. The average molecular weight is 357 g/mol. The third kappa shape index (κ3) is 3.45. The number of hydrogen-bond donors (Lipinski definition) is 1. The number of nitrogens with two attached hydrogens (primary N) is 1. The SMILES string of the molecule is CC1=C[C@@H]2CN(C(=O)N2OC(F)C(=O)OC2CCOCC2)[C@@H]1C(N)=O. The molecule has 2 bridgehead atoms. The number of amides is 3. The molecule has 2 fully saturated rings. The molecule has 3 atom stereocenters. The minimum atomic E-state index is -2.44. The van der Waals surface area contributed by atoms with Crippen LogP contribution in [0.1, 0.15) is 19.8 Å². The van der Waals surface area contributed by atoms with Crippen molar-refractivity contribution in [3.63, 3.8) is 0 Å². The molecule has 0 aliphatic carbocycles. The molecule has 0 aromatic carbocycles. The highest BCUT2D eigenvalue weighted by Gasteiger charge is 2.48. The lowest BCUT2D eigenvalue weighted by molar-refractivity contribution is -0.227. The fraction of sp³-hybridized carbons (Fsp3) is 0.667. The first kappa shape index (κ1) is 17.6. The number of urea groups is 1. The Labute approximate surface area is 143 Å². The van der Waals surface area contributed by atoms with Gasteiger partial charge in [-0.3, -0.25) is 4.79 Å². The van der Waals surface area contributed by atoms with Crippen molar-refractivity contribution in [1.29, 1.82) is 0 Å². The Bertz CT molecular complexity index is 606. The van der Waals surface area contributed by atoms with Crippen LogP contribution in [-0.2, 0) is 23.9 Å². The standard InChI is InChI=1S/C15H20FN3O6/c1-8-6-9-7-18(11(8)13(17)20)15(22)19(9)25-12(16)14(21)24-10-2-4-23-5-3-10/h6,9-12H,2-5,7H2,1H3,(H2,17,20)/t9-,11+,12?/m1/s1. The highest BCUT2D eigenvalue weighted by atomic mass is 19.1. The summed E-state index contributed by atoms with van der Waals surface area (Å²) in [6.07, 6.45) is -0.290. The van der Waals surface area contributed by atoms with Gasteiger partial charge in [0.2, 0.25) is 5.91 Å². The lowest BCUT2D eigenvalue weighted by Gasteiger charge is -2.27. The van der Waals surface area contributed by atoms with Gasteiger partial charge < -0.3 is 20.1 Å². The summed E-state index contributed by atoms with van der Waals surface area (Å²) in [6, 6.07) is -2.22. The zero-order chi connectivity index (χ0) is 18.1. The number of alkyl halides is 1. The molecular weight excluding hydrogens is 337 g/mol. The number of carbonyl (C=O) groups is 3. The molecule has 25 heavy (non-hydrogen) atoms. The van der Waals surface area contributed by atoms with E-state index in [1.165, 1.54) is 4.90 Å². The van der Waals surface area contributed by atoms with Crippen molar-refractivity contribution in [1.82, 2.24) is 9.96 Å². The van der Waals surface area contributed by atoms with Gasteiger partial charge in [-0.25, -0.2) is 18.8 Å². The van der Waals surface area contributed by atoms with Gasteiger partial charge in [0, 0.05) is 12.8 Å². The summed E-state index contributed by atoms with van der Waals surface area (Å²) in [4.78, 5) is 41.8. The van der Waals surface area contributed by atoms with Gasteiger partial charge in [-0.2, -0.15) is 5.06 Å². The zero-order valence-corrected chi connectivity index (χ0v) is 13.7. The molecule has 9 nitrogen and oxygen atoms in total. The molecule has 138 valence electrons. The minimum Gasteiger partial charge on any atom is -0.458 e. The van der Waals surface area contributed by atoms with E-state index in [0.717, 1.165) is 5.06 Å². The van der Waals surface area contributed by atoms with Crippen molar-refractivity contribution in [2.45, 2.75) is 44.3 Å². The Morgan fingerprint density at radius 1 is 1.40 bits per heavy atom. The molecule has 2 saturated heterocycles. The van der Waals surface area contributed by atoms with E-state index >= 15 is 0 Å². The summed E-state index contributed by atoms with van der Waals surface area (Å²) in [5.74, 6) is -1.87. The smallest absolute Gasteiger partial charge is 0.371 e. The summed E-state index contributed by atoms with van der Waals surface area (Å²) in [7, 11) is 0. The van der Waals surface area contributed by atoms with Crippen LogP contribution in [0.5, 0.6) is 0 Å². The molecule has 0 aromatic heterocycles. The molecule has 2 N–H and O–H groups in total. The number of rotatable bonds is 5. The molecule has 0 saturated carbocycles. The summed E-state index contributed by atoms with van der Waals surface area (Å²) < 4.78 is 24.3. The minimum absolute atomic E-state index is 0.130. The number of esters is 1. The maximum absolute atomic E-state index is 14.1. The molecular formula is C15H20FN3O6. The number of primary amides is 1. The van der Waals surface area contributed by atoms with Gasteiger partial charge in [-0.05, 0) is 12.5 Å². The second kappa shape index (κ2) is 6.96. The van der Waals surface area contributed by atoms with Crippen LogP contribution in [-0.4, -0.2) is 72.2 Å². The Balaban J connectivity index is 1.62. The lowest BCUT2D eigenvalue weighted by atomic mass is 10.0. The van der Waals surface area contributed by atoms with E-state index in [1.54, 1.807) is 13.0 Å². The van der Waals surface area contributed by atoms with E-state index in [4.69, 9.17) is 20.0 Å². The molecule has 3 aliphatic heterocycles. The fourth-order valence-corrected chi connectivity index (χ4v) is 3.25. The molecule has 3 heterocycles. The van der Waals surface area contributed by atoms with Crippen LogP contribution in [0.3, 0.4) is 0 Å². The molecule has 0 spiro atoms. The van der Waals surface area contributed by atoms with Crippen molar-refractivity contribution in [3.8, 4) is 0 Å². The first-order valence-electron chi connectivity index (χ1n) is 8.05. The van der Waals surface area contributed by atoms with Gasteiger partial charge >= 0.3 is 18.4 Å². The summed E-state index contributed by atoms with van der Waals surface area (Å²) in [6.45, 7) is 2.66. The lowest BCUT2D eigenvalue weighted by Crippen LogP contribution is -2.48. The average Bonchev–Trinajstić information content (AvgIpc) is 2.80. The molecule has 10 heteroatoms. The number of hydroxylamine groups is 2. The largest absolute Gasteiger partial charge is 0.458 e. The molecule has 0 aromatic rings. The number of halogens is 1. The molecule has 3 aliphatic rings. The highest BCUT2D eigenvalue weighted by molar-refractivity contribution is 5.90. The van der Waals surface area contributed by atoms with Crippen LogP contribution in [0.25, 0.3) is 0 Å². The van der Waals surface area contributed by atoms with Crippen LogP contribution in [0.4, 0.5) is 9.18 Å². The summed E-state index contributed by atoms with van der Waals surface area (Å²) >= 11 is 0. The van der Waals surface area contributed by atoms with Crippen molar-refractivity contribution in [2.24, 2.45) is 5.73 Å². The van der Waals surface area contributed by atoms with Gasteiger partial charge in [-0.1, -0.05) is 6.08 Å². The quantitative estimate of drug-likeness (QED) is 0.541. The monoisotopic (exact) mass is 357 g/mol. The first-order chi connectivity index (χ1) is 11.9. The summed E-state index contributed by atoms with van der Waals surface area (Å²) in [5, 5.41) is 0.752. The Kier molecular flexibility index (Phi) is 4.91. The van der Waals surface area contributed by atoms with Crippen LogP contribution in [0.2, 0.25) is 0 Å². The number of carbonyl (C=O) groups excluding carboxylic acids is 3. The number of hydrogen-bond acceptors (Lipinski definition) is 6. The van der Waals surface area contributed by atoms with E-state index in [2.05, 4.69) is 0 Å². The van der Waals surface area contributed by atoms with Crippen LogP contribution >= 0.6 is 0 Å². The Hall–Kier alpha value is -2.20. The van der Waals surface area contributed by atoms with Gasteiger partial charge in [0.15, 0.2) is 0 Å². The van der Waals surface area contributed by atoms with Crippen molar-refractivity contribution in [3.05, 3.63) is 11.6 Å². The predicted molar refractivity (Wildman–Crippen MR) is 80.4 cm³/mol.